The second-order valence-electron chi connectivity index (χ2n) is 3.20. The first-order valence-corrected chi connectivity index (χ1v) is 4.48. The van der Waals surface area contributed by atoms with Crippen molar-refractivity contribution in [1.29, 1.82) is 0 Å². The number of carbonyl (C=O) groups is 1. The third-order valence-corrected chi connectivity index (χ3v) is 2.28. The van der Waals surface area contributed by atoms with Crippen molar-refractivity contribution in [3.05, 3.63) is 5.21 Å². The van der Waals surface area contributed by atoms with Gasteiger partial charge in [-0.2, -0.15) is 0 Å². The number of hydrogen-bond donors (Lipinski definition) is 1. The molecule has 0 heterocycles. The minimum Gasteiger partial charge on any atom is -0.572 e. The van der Waals surface area contributed by atoms with E-state index >= 15 is 0 Å². The lowest BCUT2D eigenvalue weighted by molar-refractivity contribution is -0.693. The topological polar surface area (TPSA) is 79.0 Å². The van der Waals surface area contributed by atoms with Crippen LogP contribution < -0.4 is 0 Å². The fourth-order valence-corrected chi connectivity index (χ4v) is 1.24. The molecule has 2 atom stereocenters. The molecular formula is C8H17N3O3. The van der Waals surface area contributed by atoms with Crippen LogP contribution in [0.3, 0.4) is 0 Å². The van der Waals surface area contributed by atoms with Crippen LogP contribution in [0.4, 0.5) is 0 Å². The minimum absolute atomic E-state index is 0.101. The average molecular weight is 203 g/mol. The molecule has 0 unspecified atom stereocenters. The molecular weight excluding hydrogens is 186 g/mol. The van der Waals surface area contributed by atoms with Crippen LogP contribution in [0, 0.1) is 11.1 Å². The Morgan fingerprint density at radius 1 is 1.71 bits per heavy atom. The summed E-state index contributed by atoms with van der Waals surface area (Å²) in [6, 6.07) is -0.832. The SMILES string of the molecule is CC[C@@H](C)[C@@H](C(=O)O)N(C)/[N+]([O-])=N/C. The molecule has 0 saturated heterocycles. The quantitative estimate of drug-likeness (QED) is 0.409. The van der Waals surface area contributed by atoms with E-state index in [-0.39, 0.29) is 5.92 Å². The largest absolute Gasteiger partial charge is 0.572 e. The van der Waals surface area contributed by atoms with Crippen LogP contribution in [0.1, 0.15) is 20.3 Å². The summed E-state index contributed by atoms with van der Waals surface area (Å²) in [6.45, 7) is 3.67. The van der Waals surface area contributed by atoms with Crippen molar-refractivity contribution in [3.8, 4) is 0 Å². The summed E-state index contributed by atoms with van der Waals surface area (Å²) in [5.74, 6) is -1.11. The lowest BCUT2D eigenvalue weighted by Gasteiger charge is -2.24. The van der Waals surface area contributed by atoms with E-state index in [0.29, 0.717) is 11.4 Å². The summed E-state index contributed by atoms with van der Waals surface area (Å²) in [4.78, 5) is 11.2. The first-order valence-electron chi connectivity index (χ1n) is 4.48. The van der Waals surface area contributed by atoms with Gasteiger partial charge < -0.3 is 10.3 Å². The molecule has 0 aliphatic heterocycles. The zero-order valence-corrected chi connectivity index (χ0v) is 8.97. The number of carboxylic acid groups (broad SMARTS) is 1. The van der Waals surface area contributed by atoms with E-state index in [1.165, 1.54) is 14.1 Å². The third kappa shape index (κ3) is 2.86. The van der Waals surface area contributed by atoms with Gasteiger partial charge in [0.2, 0.25) is 0 Å². The molecule has 0 radical (unpaired) electrons. The molecule has 0 aliphatic carbocycles. The van der Waals surface area contributed by atoms with Crippen molar-refractivity contribution in [1.82, 2.24) is 5.01 Å². The van der Waals surface area contributed by atoms with Gasteiger partial charge in [0.15, 0.2) is 6.04 Å². The molecule has 0 spiro atoms. The summed E-state index contributed by atoms with van der Waals surface area (Å²) >= 11 is 0. The van der Waals surface area contributed by atoms with E-state index in [1.807, 2.05) is 6.92 Å². The third-order valence-electron chi connectivity index (χ3n) is 2.28. The normalized spacial score (nSPS) is 16.1. The Hall–Kier alpha value is -1.33. The number of hydrazine groups is 1. The summed E-state index contributed by atoms with van der Waals surface area (Å²) < 4.78 is 0. The average Bonchev–Trinajstić information content (AvgIpc) is 2.15. The van der Waals surface area contributed by atoms with E-state index < -0.39 is 12.0 Å². The van der Waals surface area contributed by atoms with Crippen molar-refractivity contribution in [2.75, 3.05) is 14.1 Å². The van der Waals surface area contributed by atoms with Gasteiger partial charge in [-0.25, -0.2) is 4.79 Å². The maximum atomic E-state index is 11.1. The van der Waals surface area contributed by atoms with Crippen molar-refractivity contribution in [3.63, 3.8) is 0 Å². The zero-order chi connectivity index (χ0) is 11.3. The molecule has 0 aliphatic rings. The Labute approximate surface area is 83.4 Å². The van der Waals surface area contributed by atoms with Crippen LogP contribution in [-0.4, -0.2) is 41.2 Å². The lowest BCUT2D eigenvalue weighted by atomic mass is 9.99. The van der Waals surface area contributed by atoms with E-state index in [2.05, 4.69) is 5.11 Å². The summed E-state index contributed by atoms with van der Waals surface area (Å²) in [5, 5.41) is 24.5. The summed E-state index contributed by atoms with van der Waals surface area (Å²) in [6.07, 6.45) is 0.693. The lowest BCUT2D eigenvalue weighted by Crippen LogP contribution is -2.46. The van der Waals surface area contributed by atoms with Gasteiger partial charge in [0, 0.05) is 4.97 Å². The Balaban J connectivity index is 4.74. The maximum absolute atomic E-state index is 11.1. The number of hydrogen-bond acceptors (Lipinski definition) is 3. The molecule has 0 saturated carbocycles. The number of likely N-dealkylation sites (N-methyl/N-ethyl adjacent to an activating group) is 1. The number of nitrogens with zero attached hydrogens (tertiary/aromatic N) is 3. The fourth-order valence-electron chi connectivity index (χ4n) is 1.24. The van der Waals surface area contributed by atoms with E-state index in [0.717, 1.165) is 5.01 Å². The zero-order valence-electron chi connectivity index (χ0n) is 8.97. The molecule has 0 aromatic heterocycles. The first kappa shape index (κ1) is 12.7. The molecule has 0 amide bonds. The molecule has 0 rings (SSSR count). The van der Waals surface area contributed by atoms with Gasteiger partial charge in [-0.15, -0.1) is 5.01 Å². The van der Waals surface area contributed by atoms with Gasteiger partial charge in [0.25, 0.3) is 0 Å². The highest BCUT2D eigenvalue weighted by Gasteiger charge is 2.32. The molecule has 0 aromatic rings. The Morgan fingerprint density at radius 3 is 2.50 bits per heavy atom. The fraction of sp³-hybridized carbons (Fsp3) is 0.875. The second kappa shape index (κ2) is 5.41. The van der Waals surface area contributed by atoms with Crippen molar-refractivity contribution >= 4 is 5.97 Å². The molecule has 82 valence electrons. The monoisotopic (exact) mass is 203 g/mol. The first-order chi connectivity index (χ1) is 6.45. The van der Waals surface area contributed by atoms with Gasteiger partial charge in [0.1, 0.15) is 0 Å². The standard InChI is InChI=1S/C8H17N3O3/c1-5-6(2)7(8(12)13)10(4)11(14)9-3/h6-7H,5H2,1-4H3,(H,12,13)/b11-9-/t6-,7+/m1/s1. The molecule has 14 heavy (non-hydrogen) atoms. The molecule has 0 fully saturated rings. The van der Waals surface area contributed by atoms with Gasteiger partial charge in [-0.1, -0.05) is 20.3 Å². The minimum atomic E-state index is -1.01. The van der Waals surface area contributed by atoms with Crippen LogP contribution >= 0.6 is 0 Å². The number of aliphatic carboxylic acids is 1. The van der Waals surface area contributed by atoms with E-state index in [4.69, 9.17) is 5.11 Å². The van der Waals surface area contributed by atoms with Crippen LogP contribution in [0.25, 0.3) is 0 Å². The highest BCUT2D eigenvalue weighted by Crippen LogP contribution is 2.13. The van der Waals surface area contributed by atoms with E-state index in [1.54, 1.807) is 6.92 Å². The Morgan fingerprint density at radius 2 is 2.21 bits per heavy atom. The van der Waals surface area contributed by atoms with Crippen LogP contribution in [-0.2, 0) is 4.79 Å². The maximum Gasteiger partial charge on any atom is 0.332 e. The predicted octanol–water partition coefficient (Wildman–Crippen LogP) is 0.925. The molecule has 0 aromatic carbocycles. The number of carboxylic acids is 1. The highest BCUT2D eigenvalue weighted by molar-refractivity contribution is 5.73. The molecule has 6 heteroatoms. The molecule has 6 nitrogen and oxygen atoms in total. The van der Waals surface area contributed by atoms with Gasteiger partial charge >= 0.3 is 5.97 Å². The molecule has 0 bridgehead atoms. The Bertz CT molecular complexity index is 230. The van der Waals surface area contributed by atoms with Crippen molar-refractivity contribution in [2.24, 2.45) is 11.0 Å². The molecule has 1 N–H and O–H groups in total. The summed E-state index contributed by atoms with van der Waals surface area (Å²) in [5.41, 5.74) is 0. The van der Waals surface area contributed by atoms with Crippen LogP contribution in [0.15, 0.2) is 5.11 Å². The van der Waals surface area contributed by atoms with Crippen LogP contribution in [0.5, 0.6) is 0 Å². The smallest absolute Gasteiger partial charge is 0.332 e. The van der Waals surface area contributed by atoms with Crippen LogP contribution in [0.2, 0.25) is 0 Å². The number of rotatable bonds is 5. The Kier molecular flexibility index (Phi) is 4.90. The van der Waals surface area contributed by atoms with Crippen molar-refractivity contribution < 1.29 is 14.9 Å². The van der Waals surface area contributed by atoms with E-state index in [9.17, 15) is 10.0 Å². The summed E-state index contributed by atoms with van der Waals surface area (Å²) in [7, 11) is 2.74. The predicted molar refractivity (Wildman–Crippen MR) is 50.6 cm³/mol. The van der Waals surface area contributed by atoms with Gasteiger partial charge in [0.05, 0.1) is 14.1 Å². The highest BCUT2D eigenvalue weighted by atomic mass is 16.5. The van der Waals surface area contributed by atoms with Crippen molar-refractivity contribution in [2.45, 2.75) is 26.3 Å². The second-order valence-corrected chi connectivity index (χ2v) is 3.20. The van der Waals surface area contributed by atoms with Gasteiger partial charge in [-0.05, 0) is 11.0 Å². The van der Waals surface area contributed by atoms with Gasteiger partial charge in [-0.3, -0.25) is 0 Å².